The van der Waals surface area contributed by atoms with Crippen LogP contribution in [0.3, 0.4) is 0 Å². The van der Waals surface area contributed by atoms with Gasteiger partial charge in [0.05, 0.1) is 4.90 Å². The largest absolute Gasteiger partial charge is 0.480 e. The number of carbonyl (C=O) groups is 1. The van der Waals surface area contributed by atoms with Gasteiger partial charge in [-0.05, 0) is 38.0 Å². The predicted octanol–water partition coefficient (Wildman–Crippen LogP) is 1.73. The van der Waals surface area contributed by atoms with E-state index < -0.39 is 28.6 Å². The van der Waals surface area contributed by atoms with Crippen LogP contribution in [0.1, 0.15) is 26.3 Å². The first-order valence-electron chi connectivity index (χ1n) is 6.11. The lowest BCUT2D eigenvalue weighted by Gasteiger charge is -2.24. The van der Waals surface area contributed by atoms with Crippen LogP contribution in [0.25, 0.3) is 0 Å². The topological polar surface area (TPSA) is 74.7 Å². The van der Waals surface area contributed by atoms with Gasteiger partial charge in [-0.2, -0.15) is 4.31 Å². The normalized spacial score (nSPS) is 12.1. The highest BCUT2D eigenvalue weighted by molar-refractivity contribution is 7.89. The average molecular weight is 285 g/mol. The van der Waals surface area contributed by atoms with Gasteiger partial charge in [0.1, 0.15) is 6.54 Å². The fourth-order valence-electron chi connectivity index (χ4n) is 1.74. The van der Waals surface area contributed by atoms with Crippen molar-refractivity contribution in [2.75, 3.05) is 6.54 Å². The van der Waals surface area contributed by atoms with Crippen molar-refractivity contribution in [1.29, 1.82) is 0 Å². The summed E-state index contributed by atoms with van der Waals surface area (Å²) in [5, 5.41) is 8.84. The van der Waals surface area contributed by atoms with E-state index in [0.29, 0.717) is 0 Å². The molecule has 0 bridgehead atoms. The molecule has 1 N–H and O–H groups in total. The summed E-state index contributed by atoms with van der Waals surface area (Å²) >= 11 is 0. The van der Waals surface area contributed by atoms with E-state index in [9.17, 15) is 13.2 Å². The van der Waals surface area contributed by atoms with Gasteiger partial charge in [0, 0.05) is 6.04 Å². The van der Waals surface area contributed by atoms with Crippen LogP contribution in [0.15, 0.2) is 29.2 Å². The zero-order chi connectivity index (χ0) is 14.6. The molecule has 0 aliphatic rings. The number of carboxylic acid groups (broad SMARTS) is 1. The predicted molar refractivity (Wildman–Crippen MR) is 72.5 cm³/mol. The molecule has 0 unspecified atom stereocenters. The number of aliphatic carboxylic acids is 1. The van der Waals surface area contributed by atoms with Crippen LogP contribution in [-0.4, -0.2) is 36.4 Å². The van der Waals surface area contributed by atoms with Crippen molar-refractivity contribution >= 4 is 16.0 Å². The molecule has 0 saturated carbocycles. The standard InChI is InChI=1S/C13H19NO4S/c1-4-11-6-5-7-12(8-11)19(17,18)14(10(2)3)9-13(15)16/h5-8,10H,4,9H2,1-3H3,(H,15,16). The molecular formula is C13H19NO4S. The minimum absolute atomic E-state index is 0.141. The lowest BCUT2D eigenvalue weighted by molar-refractivity contribution is -0.137. The summed E-state index contributed by atoms with van der Waals surface area (Å²) in [5.41, 5.74) is 0.903. The Hall–Kier alpha value is -1.40. The van der Waals surface area contributed by atoms with Crippen molar-refractivity contribution in [3.63, 3.8) is 0 Å². The molecule has 19 heavy (non-hydrogen) atoms. The van der Waals surface area contributed by atoms with E-state index in [1.165, 1.54) is 6.07 Å². The second-order valence-electron chi connectivity index (χ2n) is 4.54. The molecule has 0 atom stereocenters. The van der Waals surface area contributed by atoms with E-state index >= 15 is 0 Å². The molecule has 0 aliphatic heterocycles. The Balaban J connectivity index is 3.22. The van der Waals surface area contributed by atoms with E-state index in [4.69, 9.17) is 5.11 Å². The summed E-state index contributed by atoms with van der Waals surface area (Å²) in [6.45, 7) is 4.72. The molecule has 0 radical (unpaired) electrons. The lowest BCUT2D eigenvalue weighted by Crippen LogP contribution is -2.40. The van der Waals surface area contributed by atoms with E-state index in [2.05, 4.69) is 0 Å². The van der Waals surface area contributed by atoms with E-state index in [0.717, 1.165) is 16.3 Å². The van der Waals surface area contributed by atoms with Crippen LogP contribution in [-0.2, 0) is 21.2 Å². The molecule has 0 heterocycles. The van der Waals surface area contributed by atoms with E-state index in [1.807, 2.05) is 13.0 Å². The van der Waals surface area contributed by atoms with Gasteiger partial charge in [-0.1, -0.05) is 19.1 Å². The van der Waals surface area contributed by atoms with E-state index in [-0.39, 0.29) is 4.90 Å². The van der Waals surface area contributed by atoms with Gasteiger partial charge in [0.2, 0.25) is 10.0 Å². The minimum Gasteiger partial charge on any atom is -0.480 e. The highest BCUT2D eigenvalue weighted by Gasteiger charge is 2.28. The van der Waals surface area contributed by atoms with Gasteiger partial charge >= 0.3 is 5.97 Å². The fraction of sp³-hybridized carbons (Fsp3) is 0.462. The maximum absolute atomic E-state index is 12.4. The summed E-state index contributed by atoms with van der Waals surface area (Å²) in [6.07, 6.45) is 0.726. The molecule has 1 aromatic rings. The Kier molecular flexibility index (Phi) is 5.08. The molecular weight excluding hydrogens is 266 g/mol. The van der Waals surface area contributed by atoms with Crippen molar-refractivity contribution in [3.05, 3.63) is 29.8 Å². The minimum atomic E-state index is -3.78. The second-order valence-corrected chi connectivity index (χ2v) is 6.43. The number of carboxylic acids is 1. The third-order valence-corrected chi connectivity index (χ3v) is 4.80. The molecule has 0 spiro atoms. The maximum Gasteiger partial charge on any atom is 0.318 e. The van der Waals surface area contributed by atoms with Crippen LogP contribution < -0.4 is 0 Å². The molecule has 0 aromatic heterocycles. The van der Waals surface area contributed by atoms with Crippen LogP contribution in [0.4, 0.5) is 0 Å². The summed E-state index contributed by atoms with van der Waals surface area (Å²) in [5.74, 6) is -1.16. The maximum atomic E-state index is 12.4. The monoisotopic (exact) mass is 285 g/mol. The summed E-state index contributed by atoms with van der Waals surface area (Å²) in [4.78, 5) is 10.9. The number of nitrogens with zero attached hydrogens (tertiary/aromatic N) is 1. The highest BCUT2D eigenvalue weighted by atomic mass is 32.2. The van der Waals surface area contributed by atoms with Crippen molar-refractivity contribution in [1.82, 2.24) is 4.31 Å². The average Bonchev–Trinajstić information content (AvgIpc) is 2.35. The summed E-state index contributed by atoms with van der Waals surface area (Å²) in [6, 6.07) is 6.19. The molecule has 106 valence electrons. The molecule has 0 aliphatic carbocycles. The fourth-order valence-corrected chi connectivity index (χ4v) is 3.40. The van der Waals surface area contributed by atoms with Gasteiger partial charge in [-0.25, -0.2) is 8.42 Å². The Morgan fingerprint density at radius 3 is 2.47 bits per heavy atom. The summed E-state index contributed by atoms with van der Waals surface area (Å²) in [7, 11) is -3.78. The van der Waals surface area contributed by atoms with E-state index in [1.54, 1.807) is 26.0 Å². The highest BCUT2D eigenvalue weighted by Crippen LogP contribution is 2.19. The van der Waals surface area contributed by atoms with Gasteiger partial charge in [-0.3, -0.25) is 4.79 Å². The van der Waals surface area contributed by atoms with Gasteiger partial charge in [0.25, 0.3) is 0 Å². The third kappa shape index (κ3) is 3.78. The number of rotatable bonds is 6. The van der Waals surface area contributed by atoms with Crippen molar-refractivity contribution in [2.24, 2.45) is 0 Å². The number of hydrogen-bond acceptors (Lipinski definition) is 3. The van der Waals surface area contributed by atoms with Crippen LogP contribution in [0, 0.1) is 0 Å². The Morgan fingerprint density at radius 2 is 2.00 bits per heavy atom. The van der Waals surface area contributed by atoms with Crippen LogP contribution in [0.5, 0.6) is 0 Å². The molecule has 1 rings (SSSR count). The van der Waals surface area contributed by atoms with Crippen molar-refractivity contribution in [3.8, 4) is 0 Å². The Bertz CT molecular complexity index is 552. The third-order valence-electron chi connectivity index (χ3n) is 2.78. The SMILES string of the molecule is CCc1cccc(S(=O)(=O)N(CC(=O)O)C(C)C)c1. The van der Waals surface area contributed by atoms with Gasteiger partial charge in [-0.15, -0.1) is 0 Å². The zero-order valence-electron chi connectivity index (χ0n) is 11.3. The summed E-state index contributed by atoms with van der Waals surface area (Å²) < 4.78 is 25.9. The lowest BCUT2D eigenvalue weighted by atomic mass is 10.2. The number of sulfonamides is 1. The molecule has 0 amide bonds. The van der Waals surface area contributed by atoms with Crippen LogP contribution in [0.2, 0.25) is 0 Å². The van der Waals surface area contributed by atoms with Crippen LogP contribution >= 0.6 is 0 Å². The molecule has 0 fully saturated rings. The van der Waals surface area contributed by atoms with Gasteiger partial charge < -0.3 is 5.11 Å². The first-order chi connectivity index (χ1) is 8.78. The Labute approximate surface area is 113 Å². The molecule has 5 nitrogen and oxygen atoms in total. The van der Waals surface area contributed by atoms with Gasteiger partial charge in [0.15, 0.2) is 0 Å². The first kappa shape index (κ1) is 15.7. The van der Waals surface area contributed by atoms with Crippen molar-refractivity contribution < 1.29 is 18.3 Å². The molecule has 6 heteroatoms. The number of benzene rings is 1. The molecule has 0 saturated heterocycles. The number of hydrogen-bond donors (Lipinski definition) is 1. The smallest absolute Gasteiger partial charge is 0.318 e. The van der Waals surface area contributed by atoms with Crippen molar-refractivity contribution in [2.45, 2.75) is 38.1 Å². The first-order valence-corrected chi connectivity index (χ1v) is 7.55. The molecule has 1 aromatic carbocycles. The zero-order valence-corrected chi connectivity index (χ0v) is 12.1. The second kappa shape index (κ2) is 6.16. The number of aryl methyl sites for hydroxylation is 1. The Morgan fingerprint density at radius 1 is 1.37 bits per heavy atom. The quantitative estimate of drug-likeness (QED) is 0.863.